The Bertz CT molecular complexity index is 448. The maximum atomic E-state index is 11.5. The van der Waals surface area contributed by atoms with Crippen LogP contribution in [-0.2, 0) is 0 Å². The first-order chi connectivity index (χ1) is 8.72. The van der Waals surface area contributed by atoms with Gasteiger partial charge in [-0.05, 0) is 31.8 Å². The lowest BCUT2D eigenvalue weighted by Gasteiger charge is -2.33. The molecule has 2 rings (SSSR count). The number of piperidine rings is 1. The van der Waals surface area contributed by atoms with Gasteiger partial charge in [-0.15, -0.1) is 0 Å². The fraction of sp³-hybridized carbons (Fsp3) is 0.667. The van der Waals surface area contributed by atoms with Gasteiger partial charge in [0, 0.05) is 13.1 Å². The summed E-state index contributed by atoms with van der Waals surface area (Å²) < 4.78 is 0. The highest BCUT2D eigenvalue weighted by Crippen LogP contribution is 2.24. The Labute approximate surface area is 112 Å². The van der Waals surface area contributed by atoms with E-state index in [-0.39, 0.29) is 10.6 Å². The summed E-state index contributed by atoms with van der Waals surface area (Å²) in [5.41, 5.74) is -0.268. The van der Waals surface area contributed by atoms with Gasteiger partial charge in [-0.3, -0.25) is 4.79 Å². The molecule has 1 fully saturated rings. The molecule has 6 heteroatoms. The molecule has 0 aliphatic carbocycles. The van der Waals surface area contributed by atoms with Gasteiger partial charge < -0.3 is 15.2 Å². The molecule has 0 saturated carbocycles. The van der Waals surface area contributed by atoms with Crippen molar-refractivity contribution in [2.75, 3.05) is 31.1 Å². The highest BCUT2D eigenvalue weighted by Gasteiger charge is 2.22. The number of aromatic nitrogens is 2. The fourth-order valence-electron chi connectivity index (χ4n) is 2.37. The van der Waals surface area contributed by atoms with Gasteiger partial charge in [0.05, 0.1) is 6.33 Å². The normalized spacial score (nSPS) is 20.1. The number of rotatable bonds is 4. The molecular formula is C12H19ClN4O. The number of H-pyrrole nitrogens is 1. The lowest BCUT2D eigenvalue weighted by atomic mass is 9.98. The Morgan fingerprint density at radius 3 is 3.28 bits per heavy atom. The van der Waals surface area contributed by atoms with Crippen LogP contribution in [0.15, 0.2) is 11.1 Å². The Morgan fingerprint density at radius 2 is 2.50 bits per heavy atom. The molecule has 1 unspecified atom stereocenters. The smallest absolute Gasteiger partial charge is 0.271 e. The minimum absolute atomic E-state index is 0.196. The van der Waals surface area contributed by atoms with Gasteiger partial charge >= 0.3 is 0 Å². The summed E-state index contributed by atoms with van der Waals surface area (Å²) >= 11 is 6.02. The van der Waals surface area contributed by atoms with E-state index in [0.29, 0.717) is 11.7 Å². The van der Waals surface area contributed by atoms with Crippen LogP contribution in [0.25, 0.3) is 0 Å². The highest BCUT2D eigenvalue weighted by molar-refractivity contribution is 6.32. The molecule has 18 heavy (non-hydrogen) atoms. The number of nitrogens with zero attached hydrogens (tertiary/aromatic N) is 2. The van der Waals surface area contributed by atoms with E-state index in [1.807, 2.05) is 0 Å². The van der Waals surface area contributed by atoms with Crippen LogP contribution in [0.5, 0.6) is 0 Å². The number of aromatic amines is 1. The van der Waals surface area contributed by atoms with E-state index in [1.165, 1.54) is 12.7 Å². The highest BCUT2D eigenvalue weighted by atomic mass is 35.5. The van der Waals surface area contributed by atoms with Crippen LogP contribution in [0.3, 0.4) is 0 Å². The zero-order chi connectivity index (χ0) is 13.0. The second kappa shape index (κ2) is 6.20. The van der Waals surface area contributed by atoms with Gasteiger partial charge in [0.2, 0.25) is 0 Å². The average Bonchev–Trinajstić information content (AvgIpc) is 2.40. The summed E-state index contributed by atoms with van der Waals surface area (Å²) in [5, 5.41) is 3.56. The topological polar surface area (TPSA) is 61.0 Å². The first kappa shape index (κ1) is 13.4. The van der Waals surface area contributed by atoms with Crippen molar-refractivity contribution in [2.24, 2.45) is 5.92 Å². The molecule has 2 N–H and O–H groups in total. The summed E-state index contributed by atoms with van der Waals surface area (Å²) in [6.45, 7) is 5.92. The van der Waals surface area contributed by atoms with Crippen LogP contribution in [0.1, 0.15) is 19.8 Å². The molecule has 0 amide bonds. The van der Waals surface area contributed by atoms with Crippen LogP contribution >= 0.6 is 11.6 Å². The van der Waals surface area contributed by atoms with Gasteiger partial charge in [-0.1, -0.05) is 18.5 Å². The van der Waals surface area contributed by atoms with Gasteiger partial charge in [-0.2, -0.15) is 0 Å². The predicted octanol–water partition coefficient (Wildman–Crippen LogP) is 1.25. The third-order valence-electron chi connectivity index (χ3n) is 3.28. The SMILES string of the molecule is CCNCC1CCCN(c2nc[nH]c(=O)c2Cl)C1. The first-order valence-corrected chi connectivity index (χ1v) is 6.79. The van der Waals surface area contributed by atoms with E-state index in [0.717, 1.165) is 32.6 Å². The van der Waals surface area contributed by atoms with Gasteiger partial charge in [0.15, 0.2) is 5.82 Å². The summed E-state index contributed by atoms with van der Waals surface area (Å²) in [4.78, 5) is 20.3. The minimum Gasteiger partial charge on any atom is -0.355 e. The summed E-state index contributed by atoms with van der Waals surface area (Å²) in [7, 11) is 0. The minimum atomic E-state index is -0.268. The van der Waals surface area contributed by atoms with Crippen molar-refractivity contribution in [3.63, 3.8) is 0 Å². The number of halogens is 1. The molecule has 5 nitrogen and oxygen atoms in total. The molecule has 1 aromatic rings. The molecule has 1 aromatic heterocycles. The first-order valence-electron chi connectivity index (χ1n) is 6.41. The molecule has 1 atom stereocenters. The van der Waals surface area contributed by atoms with Crippen molar-refractivity contribution < 1.29 is 0 Å². The molecule has 0 spiro atoms. The van der Waals surface area contributed by atoms with Crippen LogP contribution in [0.2, 0.25) is 5.02 Å². The Morgan fingerprint density at radius 1 is 1.67 bits per heavy atom. The molecule has 1 aliphatic rings. The number of nitrogens with one attached hydrogen (secondary N) is 2. The Kier molecular flexibility index (Phi) is 4.60. The molecule has 0 aromatic carbocycles. The fourth-order valence-corrected chi connectivity index (χ4v) is 2.59. The van der Waals surface area contributed by atoms with Crippen molar-refractivity contribution in [1.82, 2.24) is 15.3 Å². The molecule has 0 radical (unpaired) electrons. The largest absolute Gasteiger partial charge is 0.355 e. The van der Waals surface area contributed by atoms with Crippen molar-refractivity contribution in [2.45, 2.75) is 19.8 Å². The zero-order valence-corrected chi connectivity index (χ0v) is 11.3. The molecule has 0 bridgehead atoms. The summed E-state index contributed by atoms with van der Waals surface area (Å²) in [6, 6.07) is 0. The van der Waals surface area contributed by atoms with E-state index in [2.05, 4.69) is 27.1 Å². The Hall–Kier alpha value is -1.07. The Balaban J connectivity index is 2.08. The number of hydrogen-bond acceptors (Lipinski definition) is 4. The average molecular weight is 271 g/mol. The standard InChI is InChI=1S/C12H19ClN4O/c1-2-14-6-9-4-3-5-17(7-9)11-10(13)12(18)16-8-15-11/h8-9,14H,2-7H2,1H3,(H,15,16,18). The summed E-state index contributed by atoms with van der Waals surface area (Å²) in [6.07, 6.45) is 3.74. The molecule has 1 saturated heterocycles. The van der Waals surface area contributed by atoms with Gasteiger partial charge in [-0.25, -0.2) is 4.98 Å². The third kappa shape index (κ3) is 3.03. The maximum absolute atomic E-state index is 11.5. The summed E-state index contributed by atoms with van der Waals surface area (Å²) in [5.74, 6) is 1.21. The predicted molar refractivity (Wildman–Crippen MR) is 73.3 cm³/mol. The van der Waals surface area contributed by atoms with Crippen molar-refractivity contribution >= 4 is 17.4 Å². The van der Waals surface area contributed by atoms with Gasteiger partial charge in [0.1, 0.15) is 5.02 Å². The monoisotopic (exact) mass is 270 g/mol. The maximum Gasteiger partial charge on any atom is 0.271 e. The van der Waals surface area contributed by atoms with Crippen LogP contribution in [0.4, 0.5) is 5.82 Å². The second-order valence-electron chi connectivity index (χ2n) is 4.63. The van der Waals surface area contributed by atoms with Crippen LogP contribution in [-0.4, -0.2) is 36.1 Å². The molecule has 2 heterocycles. The molecule has 1 aliphatic heterocycles. The van der Waals surface area contributed by atoms with Crippen LogP contribution < -0.4 is 15.8 Å². The van der Waals surface area contributed by atoms with Crippen molar-refractivity contribution in [1.29, 1.82) is 0 Å². The molecule has 100 valence electrons. The van der Waals surface area contributed by atoms with E-state index < -0.39 is 0 Å². The van der Waals surface area contributed by atoms with Crippen molar-refractivity contribution in [3.05, 3.63) is 21.7 Å². The zero-order valence-electron chi connectivity index (χ0n) is 10.6. The quantitative estimate of drug-likeness (QED) is 0.865. The van der Waals surface area contributed by atoms with E-state index in [9.17, 15) is 4.79 Å². The lowest BCUT2D eigenvalue weighted by Crippen LogP contribution is -2.40. The number of anilines is 1. The van der Waals surface area contributed by atoms with E-state index in [1.54, 1.807) is 0 Å². The van der Waals surface area contributed by atoms with E-state index >= 15 is 0 Å². The van der Waals surface area contributed by atoms with Crippen molar-refractivity contribution in [3.8, 4) is 0 Å². The molecular weight excluding hydrogens is 252 g/mol. The van der Waals surface area contributed by atoms with E-state index in [4.69, 9.17) is 11.6 Å². The van der Waals surface area contributed by atoms with Crippen LogP contribution in [0, 0.1) is 5.92 Å². The van der Waals surface area contributed by atoms with Gasteiger partial charge in [0.25, 0.3) is 5.56 Å². The number of hydrogen-bond donors (Lipinski definition) is 2. The lowest BCUT2D eigenvalue weighted by molar-refractivity contribution is 0.394. The third-order valence-corrected chi connectivity index (χ3v) is 3.62. The second-order valence-corrected chi connectivity index (χ2v) is 5.01.